The highest BCUT2D eigenvalue weighted by molar-refractivity contribution is 6.30. The van der Waals surface area contributed by atoms with Crippen LogP contribution in [0.4, 0.5) is 0 Å². The molecule has 0 saturated heterocycles. The molecule has 0 saturated carbocycles. The summed E-state index contributed by atoms with van der Waals surface area (Å²) in [6.07, 6.45) is 0.379. The molecular formula is C12H16ClNO2. The first-order chi connectivity index (χ1) is 7.61. The van der Waals surface area contributed by atoms with Gasteiger partial charge in [0.05, 0.1) is 13.5 Å². The van der Waals surface area contributed by atoms with E-state index in [0.717, 1.165) is 17.1 Å². The second-order valence-corrected chi connectivity index (χ2v) is 4.13. The van der Waals surface area contributed by atoms with Gasteiger partial charge in [0.25, 0.3) is 0 Å². The van der Waals surface area contributed by atoms with E-state index in [1.54, 1.807) is 0 Å². The molecule has 0 heterocycles. The van der Waals surface area contributed by atoms with Crippen LogP contribution in [0.5, 0.6) is 0 Å². The van der Waals surface area contributed by atoms with E-state index in [1.165, 1.54) is 7.11 Å². The minimum atomic E-state index is -0.198. The van der Waals surface area contributed by atoms with Gasteiger partial charge in [0.1, 0.15) is 0 Å². The molecule has 16 heavy (non-hydrogen) atoms. The third-order valence-electron chi connectivity index (χ3n) is 2.27. The zero-order valence-electron chi connectivity index (χ0n) is 9.50. The van der Waals surface area contributed by atoms with Crippen LogP contribution in [0.1, 0.15) is 18.9 Å². The van der Waals surface area contributed by atoms with Gasteiger partial charge in [0, 0.05) is 17.6 Å². The number of ether oxygens (including phenoxy) is 1. The van der Waals surface area contributed by atoms with Crippen molar-refractivity contribution in [3.05, 3.63) is 34.9 Å². The summed E-state index contributed by atoms with van der Waals surface area (Å²) < 4.78 is 4.59. The fraction of sp³-hybridized carbons (Fsp3) is 0.417. The van der Waals surface area contributed by atoms with E-state index in [1.807, 2.05) is 31.2 Å². The maximum atomic E-state index is 11.0. The van der Waals surface area contributed by atoms with E-state index >= 15 is 0 Å². The Balaban J connectivity index is 2.34. The number of nitrogens with one attached hydrogen (secondary N) is 1. The van der Waals surface area contributed by atoms with Crippen LogP contribution < -0.4 is 5.32 Å². The van der Waals surface area contributed by atoms with Crippen molar-refractivity contribution in [2.75, 3.05) is 7.11 Å². The van der Waals surface area contributed by atoms with E-state index in [4.69, 9.17) is 11.6 Å². The molecule has 0 radical (unpaired) electrons. The van der Waals surface area contributed by atoms with Gasteiger partial charge >= 0.3 is 5.97 Å². The largest absolute Gasteiger partial charge is 0.469 e. The van der Waals surface area contributed by atoms with Crippen LogP contribution in [0, 0.1) is 0 Å². The predicted molar refractivity (Wildman–Crippen MR) is 64.4 cm³/mol. The molecule has 0 aromatic heterocycles. The molecule has 3 nitrogen and oxygen atoms in total. The fourth-order valence-electron chi connectivity index (χ4n) is 1.30. The number of benzene rings is 1. The lowest BCUT2D eigenvalue weighted by Gasteiger charge is -2.12. The normalized spacial score (nSPS) is 12.2. The Kier molecular flexibility index (Phi) is 5.29. The second-order valence-electron chi connectivity index (χ2n) is 3.69. The summed E-state index contributed by atoms with van der Waals surface area (Å²) in [7, 11) is 1.40. The minimum absolute atomic E-state index is 0.100. The molecule has 1 aromatic carbocycles. The minimum Gasteiger partial charge on any atom is -0.469 e. The molecule has 88 valence electrons. The summed E-state index contributed by atoms with van der Waals surface area (Å²) in [5.41, 5.74) is 1.14. The molecule has 4 heteroatoms. The first-order valence-electron chi connectivity index (χ1n) is 5.16. The number of carbonyl (C=O) groups is 1. The number of carbonyl (C=O) groups excluding carboxylic acids is 1. The van der Waals surface area contributed by atoms with Crippen molar-refractivity contribution in [1.29, 1.82) is 0 Å². The summed E-state index contributed by atoms with van der Waals surface area (Å²) >= 11 is 5.78. The molecule has 1 rings (SSSR count). The van der Waals surface area contributed by atoms with Gasteiger partial charge in [-0.2, -0.15) is 0 Å². The standard InChI is InChI=1S/C12H16ClNO2/c1-9(7-12(15)16-2)14-8-10-3-5-11(13)6-4-10/h3-6,9,14H,7-8H2,1-2H3. The van der Waals surface area contributed by atoms with Crippen LogP contribution in [-0.4, -0.2) is 19.1 Å². The quantitative estimate of drug-likeness (QED) is 0.805. The van der Waals surface area contributed by atoms with Crippen LogP contribution >= 0.6 is 11.6 Å². The zero-order valence-corrected chi connectivity index (χ0v) is 10.3. The first-order valence-corrected chi connectivity index (χ1v) is 5.54. The van der Waals surface area contributed by atoms with Gasteiger partial charge in [-0.3, -0.25) is 4.79 Å². The van der Waals surface area contributed by atoms with Crippen LogP contribution in [0.2, 0.25) is 5.02 Å². The molecular weight excluding hydrogens is 226 g/mol. The van der Waals surface area contributed by atoms with Gasteiger partial charge in [-0.1, -0.05) is 23.7 Å². The molecule has 0 fully saturated rings. The molecule has 1 atom stereocenters. The van der Waals surface area contributed by atoms with Crippen molar-refractivity contribution in [2.24, 2.45) is 0 Å². The van der Waals surface area contributed by atoms with Crippen LogP contribution in [0.25, 0.3) is 0 Å². The maximum absolute atomic E-state index is 11.0. The van der Waals surface area contributed by atoms with Gasteiger partial charge < -0.3 is 10.1 Å². The SMILES string of the molecule is COC(=O)CC(C)NCc1ccc(Cl)cc1. The number of halogens is 1. The van der Waals surface area contributed by atoms with E-state index in [-0.39, 0.29) is 12.0 Å². The molecule has 0 spiro atoms. The van der Waals surface area contributed by atoms with Gasteiger partial charge in [-0.05, 0) is 24.6 Å². The van der Waals surface area contributed by atoms with Crippen LogP contribution in [-0.2, 0) is 16.1 Å². The third-order valence-corrected chi connectivity index (χ3v) is 2.52. The number of hydrogen-bond donors (Lipinski definition) is 1. The van der Waals surface area contributed by atoms with Crippen molar-refractivity contribution in [3.63, 3.8) is 0 Å². The Bertz CT molecular complexity index is 337. The van der Waals surface area contributed by atoms with Crippen molar-refractivity contribution in [1.82, 2.24) is 5.32 Å². The Labute approximate surface area is 101 Å². The smallest absolute Gasteiger partial charge is 0.307 e. The summed E-state index contributed by atoms with van der Waals surface area (Å²) in [6, 6.07) is 7.72. The van der Waals surface area contributed by atoms with Gasteiger partial charge in [0.15, 0.2) is 0 Å². The topological polar surface area (TPSA) is 38.3 Å². The molecule has 0 amide bonds. The highest BCUT2D eigenvalue weighted by Gasteiger charge is 2.07. The number of methoxy groups -OCH3 is 1. The fourth-order valence-corrected chi connectivity index (χ4v) is 1.43. The van der Waals surface area contributed by atoms with Crippen molar-refractivity contribution in [3.8, 4) is 0 Å². The lowest BCUT2D eigenvalue weighted by Crippen LogP contribution is -2.28. The highest BCUT2D eigenvalue weighted by atomic mass is 35.5. The summed E-state index contributed by atoms with van der Waals surface area (Å²) in [4.78, 5) is 11.0. The molecule has 0 aliphatic rings. The number of rotatable bonds is 5. The van der Waals surface area contributed by atoms with Gasteiger partial charge in [-0.25, -0.2) is 0 Å². The van der Waals surface area contributed by atoms with Crippen molar-refractivity contribution < 1.29 is 9.53 Å². The second kappa shape index (κ2) is 6.51. The van der Waals surface area contributed by atoms with E-state index in [0.29, 0.717) is 6.42 Å². The van der Waals surface area contributed by atoms with E-state index < -0.39 is 0 Å². The molecule has 0 aliphatic heterocycles. The van der Waals surface area contributed by atoms with Crippen molar-refractivity contribution in [2.45, 2.75) is 25.9 Å². The number of hydrogen-bond acceptors (Lipinski definition) is 3. The average molecular weight is 242 g/mol. The average Bonchev–Trinajstić information content (AvgIpc) is 2.28. The lowest BCUT2D eigenvalue weighted by molar-refractivity contribution is -0.141. The zero-order chi connectivity index (χ0) is 12.0. The molecule has 1 N–H and O–H groups in total. The molecule has 1 unspecified atom stereocenters. The third kappa shape index (κ3) is 4.64. The molecule has 0 bridgehead atoms. The Morgan fingerprint density at radius 1 is 1.44 bits per heavy atom. The monoisotopic (exact) mass is 241 g/mol. The van der Waals surface area contributed by atoms with Gasteiger partial charge in [0.2, 0.25) is 0 Å². The molecule has 0 aliphatic carbocycles. The summed E-state index contributed by atoms with van der Waals surface area (Å²) in [5.74, 6) is -0.198. The predicted octanol–water partition coefficient (Wildman–Crippen LogP) is 2.38. The Morgan fingerprint density at radius 2 is 2.06 bits per heavy atom. The van der Waals surface area contributed by atoms with Crippen LogP contribution in [0.15, 0.2) is 24.3 Å². The van der Waals surface area contributed by atoms with Crippen molar-refractivity contribution >= 4 is 17.6 Å². The first kappa shape index (κ1) is 13.0. The van der Waals surface area contributed by atoms with E-state index in [2.05, 4.69) is 10.1 Å². The maximum Gasteiger partial charge on any atom is 0.307 e. The van der Waals surface area contributed by atoms with Crippen LogP contribution in [0.3, 0.4) is 0 Å². The summed E-state index contributed by atoms with van der Waals surface area (Å²) in [5, 5.41) is 3.97. The van der Waals surface area contributed by atoms with E-state index in [9.17, 15) is 4.79 Å². The Morgan fingerprint density at radius 3 is 2.62 bits per heavy atom. The lowest BCUT2D eigenvalue weighted by atomic mass is 10.2. The van der Waals surface area contributed by atoms with Gasteiger partial charge in [-0.15, -0.1) is 0 Å². The summed E-state index contributed by atoms with van der Waals surface area (Å²) in [6.45, 7) is 2.67. The highest BCUT2D eigenvalue weighted by Crippen LogP contribution is 2.09. The molecule has 1 aromatic rings. The Hall–Kier alpha value is -1.06. The number of esters is 1.